The first-order valence-corrected chi connectivity index (χ1v) is 12.3. The van der Waals surface area contributed by atoms with E-state index in [1.54, 1.807) is 0 Å². The predicted octanol–water partition coefficient (Wildman–Crippen LogP) is 0.814. The highest BCUT2D eigenvalue weighted by atomic mass is 31.3. The van der Waals surface area contributed by atoms with Crippen LogP contribution < -0.4 is 11.2 Å². The van der Waals surface area contributed by atoms with Crippen molar-refractivity contribution in [2.45, 2.75) is 24.9 Å². The molecule has 1 aliphatic rings. The average molecular weight is 498 g/mol. The van der Waals surface area contributed by atoms with E-state index in [9.17, 15) is 32.6 Å². The highest BCUT2D eigenvalue weighted by Crippen LogP contribution is 2.69. The third kappa shape index (κ3) is 6.74. The maximum atomic E-state index is 14.2. The van der Waals surface area contributed by atoms with E-state index >= 15 is 0 Å². The summed E-state index contributed by atoms with van der Waals surface area (Å²) in [7, 11) is -13.8. The van der Waals surface area contributed by atoms with Crippen LogP contribution in [0.5, 0.6) is 0 Å². The lowest BCUT2D eigenvalue weighted by molar-refractivity contribution is -0.0389. The molecule has 0 radical (unpaired) electrons. The molecule has 1 fully saturated rings. The number of phosphoric acid groups is 3. The predicted molar refractivity (Wildman–Crippen MR) is 94.1 cm³/mol. The third-order valence-corrected chi connectivity index (χ3v) is 8.17. The Morgan fingerprint density at radius 1 is 1.20 bits per heavy atom. The number of aromatic amines is 1. The van der Waals surface area contributed by atoms with Gasteiger partial charge in [0, 0.05) is 32.9 Å². The molecule has 1 aromatic rings. The van der Waals surface area contributed by atoms with Crippen LogP contribution in [-0.2, 0) is 40.6 Å². The molecule has 19 heteroatoms. The fraction of sp³-hybridized carbons (Fsp3) is 0.636. The monoisotopic (exact) mass is 498 g/mol. The van der Waals surface area contributed by atoms with Crippen LogP contribution >= 0.6 is 23.5 Å². The molecule has 15 nitrogen and oxygen atoms in total. The topological polar surface area (TPSA) is 202 Å². The molecule has 0 amide bonds. The van der Waals surface area contributed by atoms with E-state index in [0.717, 1.165) is 23.9 Å². The molecule has 0 aliphatic carbocycles. The Bertz CT molecular complexity index is 1010. The summed E-state index contributed by atoms with van der Waals surface area (Å²) in [6.45, 7) is -0.770. The summed E-state index contributed by atoms with van der Waals surface area (Å²) in [4.78, 5) is 43.5. The van der Waals surface area contributed by atoms with E-state index in [0.29, 0.717) is 7.11 Å². The van der Waals surface area contributed by atoms with E-state index < -0.39 is 59.8 Å². The van der Waals surface area contributed by atoms with Gasteiger partial charge in [-0.25, -0.2) is 22.9 Å². The summed E-state index contributed by atoms with van der Waals surface area (Å²) in [5, 5.41) is 0. The van der Waals surface area contributed by atoms with Crippen molar-refractivity contribution in [3.8, 4) is 0 Å². The minimum absolute atomic E-state index is 0.371. The zero-order chi connectivity index (χ0) is 22.7. The van der Waals surface area contributed by atoms with Crippen LogP contribution in [0.15, 0.2) is 21.9 Å². The Balaban J connectivity index is 2.01. The normalized spacial score (nSPS) is 27.8. The fourth-order valence-electron chi connectivity index (χ4n) is 2.25. The number of phosphoric ester groups is 2. The van der Waals surface area contributed by atoms with Gasteiger partial charge < -0.3 is 14.5 Å². The maximum absolute atomic E-state index is 14.2. The van der Waals surface area contributed by atoms with Crippen molar-refractivity contribution < 1.29 is 54.8 Å². The quantitative estimate of drug-likeness (QED) is 0.383. The van der Waals surface area contributed by atoms with Gasteiger partial charge in [0.15, 0.2) is 6.23 Å². The smallest absolute Gasteiger partial charge is 0.349 e. The number of hydrogen-bond donors (Lipinski definition) is 3. The van der Waals surface area contributed by atoms with Gasteiger partial charge in [-0.15, -0.1) is 0 Å². The van der Waals surface area contributed by atoms with Gasteiger partial charge in [-0.1, -0.05) is 0 Å². The van der Waals surface area contributed by atoms with E-state index in [4.69, 9.17) is 9.63 Å². The van der Waals surface area contributed by atoms with Crippen LogP contribution in [0.4, 0.5) is 4.39 Å². The molecule has 1 aliphatic heterocycles. The highest BCUT2D eigenvalue weighted by molar-refractivity contribution is 7.67. The van der Waals surface area contributed by atoms with Gasteiger partial charge in [-0.05, 0) is 0 Å². The number of nitrogens with zero attached hydrogens (tertiary/aromatic N) is 1. The molecule has 1 saturated heterocycles. The van der Waals surface area contributed by atoms with Crippen LogP contribution in [0.3, 0.4) is 0 Å². The first kappa shape index (κ1) is 25.2. The molecule has 172 valence electrons. The fourth-order valence-corrected chi connectivity index (χ4v) is 6.00. The van der Waals surface area contributed by atoms with Gasteiger partial charge in [-0.2, -0.15) is 8.62 Å². The Morgan fingerprint density at radius 3 is 2.40 bits per heavy atom. The molecule has 3 N–H and O–H groups in total. The first-order chi connectivity index (χ1) is 13.8. The maximum Gasteiger partial charge on any atom is 0.492 e. The summed E-state index contributed by atoms with van der Waals surface area (Å²) >= 11 is 0. The largest absolute Gasteiger partial charge is 0.492 e. The summed E-state index contributed by atoms with van der Waals surface area (Å²) in [6.07, 6.45) is -3.70. The number of ether oxygens (including phenoxy) is 1. The summed E-state index contributed by atoms with van der Waals surface area (Å²) in [5.41, 5.74) is -1.63. The molecule has 6 unspecified atom stereocenters. The van der Waals surface area contributed by atoms with Crippen molar-refractivity contribution in [2.75, 3.05) is 20.8 Å². The second kappa shape index (κ2) is 9.63. The van der Waals surface area contributed by atoms with Crippen molar-refractivity contribution in [3.63, 3.8) is 0 Å². The summed E-state index contributed by atoms with van der Waals surface area (Å²) in [6, 6.07) is 0.971. The van der Waals surface area contributed by atoms with Crippen LogP contribution in [0, 0.1) is 0 Å². The Morgan fingerprint density at radius 2 is 1.83 bits per heavy atom. The standard InChI is InChI=1S/C11H18FN2O13P3/c1-22-28(17,18)26-30(21,23-2)27-29(19,20)24-6-7-5-8(12)10(25-7)14-4-3-9(15)13-11(14)16/h3-4,7-8,10H,5-6H2,1-2H3,(H,17,18)(H,19,20)(H,13,15,16). The second-order valence-corrected chi connectivity index (χ2v) is 10.7. The molecule has 0 spiro atoms. The molecular weight excluding hydrogens is 480 g/mol. The molecule has 2 rings (SSSR count). The van der Waals surface area contributed by atoms with Gasteiger partial charge in [0.05, 0.1) is 12.7 Å². The molecular formula is C11H18FN2O13P3. The van der Waals surface area contributed by atoms with E-state index in [1.165, 1.54) is 0 Å². The second-order valence-electron chi connectivity index (χ2n) is 5.63. The van der Waals surface area contributed by atoms with Crippen molar-refractivity contribution in [2.24, 2.45) is 0 Å². The molecule has 0 bridgehead atoms. The number of nitrogens with one attached hydrogen (secondary N) is 1. The molecule has 0 saturated carbocycles. The van der Waals surface area contributed by atoms with Crippen molar-refractivity contribution >= 4 is 23.5 Å². The van der Waals surface area contributed by atoms with Gasteiger partial charge in [0.25, 0.3) is 5.56 Å². The molecule has 2 heterocycles. The van der Waals surface area contributed by atoms with E-state index in [1.807, 2.05) is 4.98 Å². The lowest BCUT2D eigenvalue weighted by Crippen LogP contribution is -2.34. The zero-order valence-corrected chi connectivity index (χ0v) is 18.0. The van der Waals surface area contributed by atoms with Gasteiger partial charge >= 0.3 is 29.2 Å². The van der Waals surface area contributed by atoms with Crippen LogP contribution in [0.1, 0.15) is 12.6 Å². The minimum Gasteiger partial charge on any atom is -0.349 e. The SMILES string of the molecule is COP(=O)(O)OP(=O)(OC)OP(=O)(O)OCC1CC(F)C(n2ccc(=O)[nH]c2=O)O1. The number of alkyl halides is 1. The first-order valence-electron chi connectivity index (χ1n) is 7.85. The summed E-state index contributed by atoms with van der Waals surface area (Å²) < 4.78 is 76.6. The molecule has 30 heavy (non-hydrogen) atoms. The van der Waals surface area contributed by atoms with E-state index in [-0.39, 0.29) is 6.42 Å². The van der Waals surface area contributed by atoms with Crippen molar-refractivity contribution in [1.29, 1.82) is 0 Å². The van der Waals surface area contributed by atoms with E-state index in [2.05, 4.69) is 22.2 Å². The third-order valence-electron chi connectivity index (χ3n) is 3.54. The lowest BCUT2D eigenvalue weighted by Gasteiger charge is -2.21. The Kier molecular flexibility index (Phi) is 8.11. The minimum atomic E-state index is -5.23. The van der Waals surface area contributed by atoms with Gasteiger partial charge in [0.1, 0.15) is 6.17 Å². The average Bonchev–Trinajstić information content (AvgIpc) is 3.00. The highest BCUT2D eigenvalue weighted by Gasteiger charge is 2.45. The van der Waals surface area contributed by atoms with Gasteiger partial charge in [-0.3, -0.25) is 27.9 Å². The molecule has 6 atom stereocenters. The number of aromatic nitrogens is 2. The van der Waals surface area contributed by atoms with Gasteiger partial charge in [0.2, 0.25) is 0 Å². The number of H-pyrrole nitrogens is 1. The summed E-state index contributed by atoms with van der Waals surface area (Å²) in [5.74, 6) is 0. The van der Waals surface area contributed by atoms with Crippen LogP contribution in [0.25, 0.3) is 0 Å². The number of halogens is 1. The number of hydrogen-bond acceptors (Lipinski definition) is 11. The zero-order valence-electron chi connectivity index (χ0n) is 15.4. The number of rotatable bonds is 10. The van der Waals surface area contributed by atoms with Crippen LogP contribution in [0.2, 0.25) is 0 Å². The lowest BCUT2D eigenvalue weighted by atomic mass is 10.2. The Hall–Kier alpha value is -1.02. The van der Waals surface area contributed by atoms with Crippen LogP contribution in [-0.4, -0.2) is 52.4 Å². The molecule has 1 aromatic heterocycles. The van der Waals surface area contributed by atoms with Crippen molar-refractivity contribution in [1.82, 2.24) is 9.55 Å². The Labute approximate surface area is 167 Å². The molecule has 0 aromatic carbocycles. The van der Waals surface area contributed by atoms with Crippen molar-refractivity contribution in [3.05, 3.63) is 33.1 Å².